The first-order chi connectivity index (χ1) is 9.17. The van der Waals surface area contributed by atoms with Gasteiger partial charge in [0.25, 0.3) is 0 Å². The summed E-state index contributed by atoms with van der Waals surface area (Å²) < 4.78 is 5.84. The summed E-state index contributed by atoms with van der Waals surface area (Å²) in [6.07, 6.45) is 5.73. The van der Waals surface area contributed by atoms with Gasteiger partial charge < -0.3 is 10.1 Å². The summed E-state index contributed by atoms with van der Waals surface area (Å²) in [5.74, 6) is 0.620. The molecule has 5 heteroatoms. The first kappa shape index (κ1) is 14.1. The number of carbonyl (C=O) groups excluding carboxylic acids is 1. The molecule has 1 heterocycles. The van der Waals surface area contributed by atoms with Crippen LogP contribution in [-0.2, 0) is 4.79 Å². The van der Waals surface area contributed by atoms with Gasteiger partial charge in [-0.3, -0.25) is 4.79 Å². The minimum absolute atomic E-state index is 0.0315. The quantitative estimate of drug-likeness (QED) is 0.863. The molecule has 4 nitrogen and oxygen atoms in total. The van der Waals surface area contributed by atoms with Gasteiger partial charge >= 0.3 is 0 Å². The summed E-state index contributed by atoms with van der Waals surface area (Å²) in [5.41, 5.74) is 1.12. The van der Waals surface area contributed by atoms with Crippen LogP contribution in [0.1, 0.15) is 31.2 Å². The lowest BCUT2D eigenvalue weighted by atomic mass is 9.93. The van der Waals surface area contributed by atoms with Crippen molar-refractivity contribution >= 4 is 17.5 Å². The van der Waals surface area contributed by atoms with Gasteiger partial charge in [-0.25, -0.2) is 4.98 Å². The molecule has 1 aromatic heterocycles. The molecule has 1 amide bonds. The third kappa shape index (κ3) is 4.39. The Morgan fingerprint density at radius 2 is 2.16 bits per heavy atom. The number of rotatable bonds is 4. The van der Waals surface area contributed by atoms with Crippen LogP contribution in [0.4, 0.5) is 0 Å². The van der Waals surface area contributed by atoms with Crippen molar-refractivity contribution in [3.63, 3.8) is 0 Å². The Morgan fingerprint density at radius 1 is 1.42 bits per heavy atom. The number of ether oxygens (including phenoxy) is 1. The minimum Gasteiger partial charge on any atom is -0.474 e. The third-order valence-electron chi connectivity index (χ3n) is 3.33. The van der Waals surface area contributed by atoms with Crippen LogP contribution >= 0.6 is 11.6 Å². The largest absolute Gasteiger partial charge is 0.474 e. The summed E-state index contributed by atoms with van der Waals surface area (Å²) in [6, 6.07) is 4.13. The number of nitrogens with zero attached hydrogens (tertiary/aromatic N) is 1. The monoisotopic (exact) mass is 282 g/mol. The molecule has 0 bridgehead atoms. The molecule has 1 aliphatic carbocycles. The molecule has 19 heavy (non-hydrogen) atoms. The van der Waals surface area contributed by atoms with E-state index in [4.69, 9.17) is 16.3 Å². The second-order valence-corrected chi connectivity index (χ2v) is 5.23. The molecular formula is C14H19ClN2O2. The third-order valence-corrected chi connectivity index (χ3v) is 3.58. The van der Waals surface area contributed by atoms with Gasteiger partial charge in [-0.15, -0.1) is 11.6 Å². The van der Waals surface area contributed by atoms with E-state index in [2.05, 4.69) is 10.3 Å². The van der Waals surface area contributed by atoms with Gasteiger partial charge in [0.05, 0.1) is 0 Å². The molecule has 0 aliphatic heterocycles. The highest BCUT2D eigenvalue weighted by atomic mass is 35.5. The van der Waals surface area contributed by atoms with Crippen molar-refractivity contribution in [2.24, 2.45) is 0 Å². The zero-order valence-electron chi connectivity index (χ0n) is 11.1. The summed E-state index contributed by atoms with van der Waals surface area (Å²) >= 11 is 5.47. The SMILES string of the molecule is Cc1ccc(OC2CCC(NC(=O)CCl)CC2)nc1. The molecule has 0 aromatic carbocycles. The molecule has 0 saturated heterocycles. The van der Waals surface area contributed by atoms with Crippen molar-refractivity contribution in [2.75, 3.05) is 5.88 Å². The van der Waals surface area contributed by atoms with E-state index in [0.717, 1.165) is 31.2 Å². The van der Waals surface area contributed by atoms with Crippen LogP contribution in [-0.4, -0.2) is 28.9 Å². The number of alkyl halides is 1. The van der Waals surface area contributed by atoms with Gasteiger partial charge in [0.2, 0.25) is 11.8 Å². The predicted octanol–water partition coefficient (Wildman–Crippen LogP) is 2.44. The minimum atomic E-state index is -0.0914. The molecule has 0 unspecified atom stereocenters. The van der Waals surface area contributed by atoms with Gasteiger partial charge in [0, 0.05) is 18.3 Å². The first-order valence-corrected chi connectivity index (χ1v) is 7.15. The van der Waals surface area contributed by atoms with Crippen LogP contribution < -0.4 is 10.1 Å². The molecule has 0 spiro atoms. The molecule has 1 N–H and O–H groups in total. The summed E-state index contributed by atoms with van der Waals surface area (Å²) in [6.45, 7) is 2.00. The van der Waals surface area contributed by atoms with Crippen LogP contribution in [0.2, 0.25) is 0 Å². The number of hydrogen-bond donors (Lipinski definition) is 1. The fourth-order valence-electron chi connectivity index (χ4n) is 2.29. The maximum atomic E-state index is 11.2. The van der Waals surface area contributed by atoms with E-state index in [9.17, 15) is 4.79 Å². The molecule has 1 saturated carbocycles. The topological polar surface area (TPSA) is 51.2 Å². The Balaban J connectivity index is 1.77. The molecule has 1 fully saturated rings. The highest BCUT2D eigenvalue weighted by Crippen LogP contribution is 2.22. The number of hydrogen-bond acceptors (Lipinski definition) is 3. The zero-order valence-corrected chi connectivity index (χ0v) is 11.8. The Morgan fingerprint density at radius 3 is 2.74 bits per heavy atom. The highest BCUT2D eigenvalue weighted by Gasteiger charge is 2.23. The van der Waals surface area contributed by atoms with Crippen molar-refractivity contribution in [3.8, 4) is 5.88 Å². The van der Waals surface area contributed by atoms with E-state index < -0.39 is 0 Å². The molecule has 104 valence electrons. The molecular weight excluding hydrogens is 264 g/mol. The lowest BCUT2D eigenvalue weighted by molar-refractivity contribution is -0.119. The second-order valence-electron chi connectivity index (χ2n) is 4.97. The summed E-state index contributed by atoms with van der Waals surface area (Å²) in [5, 5.41) is 2.92. The maximum absolute atomic E-state index is 11.2. The summed E-state index contributed by atoms with van der Waals surface area (Å²) in [4.78, 5) is 15.4. The van der Waals surface area contributed by atoms with Gasteiger partial charge in [0.15, 0.2) is 0 Å². The second kappa shape index (κ2) is 6.75. The number of aromatic nitrogens is 1. The number of pyridine rings is 1. The molecule has 1 aromatic rings. The number of amides is 1. The van der Waals surface area contributed by atoms with Crippen LogP contribution in [0.25, 0.3) is 0 Å². The first-order valence-electron chi connectivity index (χ1n) is 6.62. The molecule has 0 radical (unpaired) electrons. The molecule has 1 aliphatic rings. The fraction of sp³-hybridized carbons (Fsp3) is 0.571. The van der Waals surface area contributed by atoms with Gasteiger partial charge in [0.1, 0.15) is 12.0 Å². The van der Waals surface area contributed by atoms with Crippen LogP contribution in [0, 0.1) is 6.92 Å². The normalized spacial score (nSPS) is 22.8. The zero-order chi connectivity index (χ0) is 13.7. The van der Waals surface area contributed by atoms with E-state index in [0.29, 0.717) is 5.88 Å². The Kier molecular flexibility index (Phi) is 5.02. The van der Waals surface area contributed by atoms with Gasteiger partial charge in [-0.2, -0.15) is 0 Å². The van der Waals surface area contributed by atoms with E-state index in [-0.39, 0.29) is 23.9 Å². The Labute approximate surface area is 118 Å². The average Bonchev–Trinajstić information content (AvgIpc) is 2.43. The van der Waals surface area contributed by atoms with Crippen molar-refractivity contribution < 1.29 is 9.53 Å². The maximum Gasteiger partial charge on any atom is 0.235 e. The van der Waals surface area contributed by atoms with E-state index in [1.807, 2.05) is 25.3 Å². The van der Waals surface area contributed by atoms with E-state index in [1.165, 1.54) is 0 Å². The van der Waals surface area contributed by atoms with Crippen molar-refractivity contribution in [1.82, 2.24) is 10.3 Å². The highest BCUT2D eigenvalue weighted by molar-refractivity contribution is 6.27. The molecule has 2 rings (SSSR count). The van der Waals surface area contributed by atoms with Crippen LogP contribution in [0.3, 0.4) is 0 Å². The predicted molar refractivity (Wildman–Crippen MR) is 74.5 cm³/mol. The average molecular weight is 283 g/mol. The fourth-order valence-corrected chi connectivity index (χ4v) is 2.36. The van der Waals surface area contributed by atoms with Crippen molar-refractivity contribution in [2.45, 2.75) is 44.8 Å². The lowest BCUT2D eigenvalue weighted by Crippen LogP contribution is -2.40. The lowest BCUT2D eigenvalue weighted by Gasteiger charge is -2.29. The van der Waals surface area contributed by atoms with E-state index >= 15 is 0 Å². The number of nitrogens with one attached hydrogen (secondary N) is 1. The standard InChI is InChI=1S/C14H19ClN2O2/c1-10-2-7-14(16-9-10)19-12-5-3-11(4-6-12)17-13(18)8-15/h2,7,9,11-12H,3-6,8H2,1H3,(H,17,18). The summed E-state index contributed by atoms with van der Waals surface area (Å²) in [7, 11) is 0. The molecule has 0 atom stereocenters. The Hall–Kier alpha value is -1.29. The number of aryl methyl sites for hydroxylation is 1. The Bertz CT molecular complexity index is 414. The van der Waals surface area contributed by atoms with Gasteiger partial charge in [-0.1, -0.05) is 6.07 Å². The van der Waals surface area contributed by atoms with Gasteiger partial charge in [-0.05, 0) is 38.2 Å². The smallest absolute Gasteiger partial charge is 0.235 e. The number of halogens is 1. The number of carbonyl (C=O) groups is 1. The van der Waals surface area contributed by atoms with Crippen molar-refractivity contribution in [1.29, 1.82) is 0 Å². The van der Waals surface area contributed by atoms with Crippen LogP contribution in [0.5, 0.6) is 5.88 Å². The van der Waals surface area contributed by atoms with Crippen LogP contribution in [0.15, 0.2) is 18.3 Å². The van der Waals surface area contributed by atoms with Crippen molar-refractivity contribution in [3.05, 3.63) is 23.9 Å². The van der Waals surface area contributed by atoms with E-state index in [1.54, 1.807) is 0 Å².